The Labute approximate surface area is 125 Å². The van der Waals surface area contributed by atoms with E-state index in [0.29, 0.717) is 12.5 Å². The average Bonchev–Trinajstić information content (AvgIpc) is 2.72. The lowest BCUT2D eigenvalue weighted by Gasteiger charge is -2.16. The highest BCUT2D eigenvalue weighted by molar-refractivity contribution is 5.75. The van der Waals surface area contributed by atoms with E-state index in [9.17, 15) is 4.79 Å². The van der Waals surface area contributed by atoms with Crippen molar-refractivity contribution in [1.29, 1.82) is 0 Å². The van der Waals surface area contributed by atoms with Crippen LogP contribution in [-0.4, -0.2) is 25.0 Å². The highest BCUT2D eigenvalue weighted by Gasteiger charge is 2.10. The van der Waals surface area contributed by atoms with Crippen molar-refractivity contribution >= 4 is 5.91 Å². The molecule has 0 bridgehead atoms. The molecule has 0 heterocycles. The minimum absolute atomic E-state index is 0.226. The largest absolute Gasteiger partial charge is 0.355 e. The molecule has 118 valence electrons. The van der Waals surface area contributed by atoms with Crippen molar-refractivity contribution in [1.82, 2.24) is 10.6 Å². The summed E-state index contributed by atoms with van der Waals surface area (Å²) in [7, 11) is 0. The Hall–Kier alpha value is -0.570. The van der Waals surface area contributed by atoms with Gasteiger partial charge in [-0.15, -0.1) is 0 Å². The number of amides is 1. The molecule has 0 unspecified atom stereocenters. The molecule has 1 fully saturated rings. The number of nitrogens with one attached hydrogen (secondary N) is 2. The smallest absolute Gasteiger partial charge is 0.220 e. The van der Waals surface area contributed by atoms with Gasteiger partial charge in [0.15, 0.2) is 0 Å². The molecule has 0 saturated heterocycles. The maximum Gasteiger partial charge on any atom is 0.220 e. The lowest BCUT2D eigenvalue weighted by molar-refractivity contribution is -0.121. The Bertz CT molecular complexity index is 235. The van der Waals surface area contributed by atoms with Crippen LogP contribution in [0.1, 0.15) is 84.0 Å². The van der Waals surface area contributed by atoms with Crippen LogP contribution in [0.5, 0.6) is 0 Å². The van der Waals surface area contributed by atoms with Crippen LogP contribution in [0.3, 0.4) is 0 Å². The molecule has 1 aliphatic carbocycles. The van der Waals surface area contributed by atoms with E-state index in [1.807, 2.05) is 0 Å². The monoisotopic (exact) mass is 282 g/mol. The Kier molecular flexibility index (Phi) is 10.7. The van der Waals surface area contributed by atoms with Crippen molar-refractivity contribution in [3.8, 4) is 0 Å². The third-order valence-electron chi connectivity index (χ3n) is 4.24. The van der Waals surface area contributed by atoms with Crippen molar-refractivity contribution < 1.29 is 4.79 Å². The number of carbonyl (C=O) groups excluding carboxylic acids is 1. The number of hydrogen-bond donors (Lipinski definition) is 2. The molecule has 0 aromatic rings. The van der Waals surface area contributed by atoms with Gasteiger partial charge in [-0.05, 0) is 19.3 Å². The highest BCUT2D eigenvalue weighted by atomic mass is 16.1. The second-order valence-electron chi connectivity index (χ2n) is 6.16. The molecule has 0 atom stereocenters. The molecule has 1 saturated carbocycles. The van der Waals surface area contributed by atoms with Crippen molar-refractivity contribution in [3.05, 3.63) is 0 Å². The second-order valence-corrected chi connectivity index (χ2v) is 6.16. The van der Waals surface area contributed by atoms with E-state index in [4.69, 9.17) is 0 Å². The zero-order valence-electron chi connectivity index (χ0n) is 13.4. The number of rotatable bonds is 10. The molecule has 1 aliphatic rings. The van der Waals surface area contributed by atoms with Gasteiger partial charge in [-0.2, -0.15) is 0 Å². The van der Waals surface area contributed by atoms with Gasteiger partial charge in [-0.1, -0.05) is 58.3 Å². The third-order valence-corrected chi connectivity index (χ3v) is 4.24. The molecule has 1 rings (SSSR count). The lowest BCUT2D eigenvalue weighted by Crippen LogP contribution is -2.36. The van der Waals surface area contributed by atoms with Gasteiger partial charge >= 0.3 is 0 Å². The van der Waals surface area contributed by atoms with Crippen LogP contribution < -0.4 is 10.6 Å². The summed E-state index contributed by atoms with van der Waals surface area (Å²) in [6.45, 7) is 3.92. The summed E-state index contributed by atoms with van der Waals surface area (Å²) in [5.41, 5.74) is 0. The van der Waals surface area contributed by atoms with Gasteiger partial charge in [0, 0.05) is 25.6 Å². The quantitative estimate of drug-likeness (QED) is 0.473. The van der Waals surface area contributed by atoms with Gasteiger partial charge in [0.05, 0.1) is 0 Å². The number of unbranched alkanes of at least 4 members (excludes halogenated alkanes) is 4. The molecule has 0 aliphatic heterocycles. The molecule has 3 heteroatoms. The maximum atomic E-state index is 11.6. The predicted octanol–water partition coefficient (Wildman–Crippen LogP) is 3.78. The first-order valence-electron chi connectivity index (χ1n) is 8.83. The van der Waals surface area contributed by atoms with E-state index in [1.165, 1.54) is 64.2 Å². The van der Waals surface area contributed by atoms with Crippen molar-refractivity contribution in [3.63, 3.8) is 0 Å². The molecule has 20 heavy (non-hydrogen) atoms. The summed E-state index contributed by atoms with van der Waals surface area (Å²) in [5.74, 6) is 0.226. The summed E-state index contributed by atoms with van der Waals surface area (Å²) in [4.78, 5) is 11.6. The molecular weight excluding hydrogens is 248 g/mol. The van der Waals surface area contributed by atoms with Gasteiger partial charge in [-0.3, -0.25) is 4.79 Å². The Morgan fingerprint density at radius 3 is 2.35 bits per heavy atom. The molecule has 2 N–H and O–H groups in total. The normalized spacial score (nSPS) is 16.9. The first kappa shape index (κ1) is 17.5. The Morgan fingerprint density at radius 2 is 1.65 bits per heavy atom. The van der Waals surface area contributed by atoms with Crippen molar-refractivity contribution in [2.75, 3.05) is 13.1 Å². The van der Waals surface area contributed by atoms with Gasteiger partial charge < -0.3 is 10.6 Å². The van der Waals surface area contributed by atoms with Crippen LogP contribution in [0.2, 0.25) is 0 Å². The third kappa shape index (κ3) is 9.35. The molecule has 1 amide bonds. The highest BCUT2D eigenvalue weighted by Crippen LogP contribution is 2.16. The van der Waals surface area contributed by atoms with Crippen molar-refractivity contribution in [2.24, 2.45) is 0 Å². The van der Waals surface area contributed by atoms with Crippen LogP contribution in [0.4, 0.5) is 0 Å². The fraction of sp³-hybridized carbons (Fsp3) is 0.941. The predicted molar refractivity (Wildman–Crippen MR) is 85.9 cm³/mol. The van der Waals surface area contributed by atoms with E-state index >= 15 is 0 Å². The van der Waals surface area contributed by atoms with Crippen LogP contribution in [0.15, 0.2) is 0 Å². The summed E-state index contributed by atoms with van der Waals surface area (Å²) in [6, 6.07) is 0.684. The number of carbonyl (C=O) groups is 1. The maximum absolute atomic E-state index is 11.6. The Balaban J connectivity index is 1.90. The zero-order chi connectivity index (χ0) is 14.5. The van der Waals surface area contributed by atoms with Crippen LogP contribution in [-0.2, 0) is 4.79 Å². The minimum atomic E-state index is 0.226. The van der Waals surface area contributed by atoms with Crippen molar-refractivity contribution in [2.45, 2.75) is 90.0 Å². The van der Waals surface area contributed by atoms with Crippen LogP contribution in [0.25, 0.3) is 0 Å². The summed E-state index contributed by atoms with van der Waals surface area (Å²) in [5, 5.41) is 6.61. The first-order chi connectivity index (χ1) is 9.83. The second kappa shape index (κ2) is 12.2. The average molecular weight is 282 g/mol. The summed E-state index contributed by atoms with van der Waals surface area (Å²) >= 11 is 0. The molecule has 0 aromatic heterocycles. The SMILES string of the molecule is CCCCCCCC(=O)NCCNC1CCCCCC1. The summed E-state index contributed by atoms with van der Waals surface area (Å²) < 4.78 is 0. The fourth-order valence-electron chi connectivity index (χ4n) is 2.94. The molecule has 0 spiro atoms. The van der Waals surface area contributed by atoms with Gasteiger partial charge in [0.1, 0.15) is 0 Å². The summed E-state index contributed by atoms with van der Waals surface area (Å²) in [6.07, 6.45) is 14.9. The topological polar surface area (TPSA) is 41.1 Å². The van der Waals surface area contributed by atoms with Gasteiger partial charge in [0.25, 0.3) is 0 Å². The molecule has 0 radical (unpaired) electrons. The van der Waals surface area contributed by atoms with Crippen LogP contribution >= 0.6 is 0 Å². The molecule has 0 aromatic carbocycles. The fourth-order valence-corrected chi connectivity index (χ4v) is 2.94. The molecule has 3 nitrogen and oxygen atoms in total. The molecular formula is C17H34N2O. The van der Waals surface area contributed by atoms with Gasteiger partial charge in [-0.25, -0.2) is 0 Å². The lowest BCUT2D eigenvalue weighted by atomic mass is 10.1. The van der Waals surface area contributed by atoms with Crippen LogP contribution in [0, 0.1) is 0 Å². The standard InChI is InChI=1S/C17H34N2O/c1-2-3-4-5-10-13-17(20)19-15-14-18-16-11-8-6-7-9-12-16/h16,18H,2-15H2,1H3,(H,19,20). The first-order valence-corrected chi connectivity index (χ1v) is 8.83. The van der Waals surface area contributed by atoms with E-state index in [-0.39, 0.29) is 5.91 Å². The van der Waals surface area contributed by atoms with E-state index < -0.39 is 0 Å². The minimum Gasteiger partial charge on any atom is -0.355 e. The van der Waals surface area contributed by atoms with Gasteiger partial charge in [0.2, 0.25) is 5.91 Å². The van der Waals surface area contributed by atoms with E-state index in [1.54, 1.807) is 0 Å². The zero-order valence-corrected chi connectivity index (χ0v) is 13.4. The number of hydrogen-bond acceptors (Lipinski definition) is 2. The van der Waals surface area contributed by atoms with E-state index in [0.717, 1.165) is 19.5 Å². The van der Waals surface area contributed by atoms with E-state index in [2.05, 4.69) is 17.6 Å². The Morgan fingerprint density at radius 1 is 0.950 bits per heavy atom.